The summed E-state index contributed by atoms with van der Waals surface area (Å²) < 4.78 is 39.2. The Morgan fingerprint density at radius 2 is 1.62 bits per heavy atom. The average molecular weight is 389 g/mol. The lowest BCUT2D eigenvalue weighted by Crippen LogP contribution is -2.42. The van der Waals surface area contributed by atoms with Gasteiger partial charge in [-0.2, -0.15) is 0 Å². The summed E-state index contributed by atoms with van der Waals surface area (Å²) in [4.78, 5) is 13.9. The number of ether oxygens (including phenoxy) is 3. The normalized spacial score (nSPS) is 12.9. The molecule has 8 nitrogen and oxygen atoms in total. The van der Waals surface area contributed by atoms with Crippen LogP contribution >= 0.6 is 7.60 Å². The Balaban J connectivity index is 3.46. The minimum atomic E-state index is -3.73. The standard InChI is InChI=1S/C17H28NO7P/c1-7-25-17(19)18(12-15(21-3)22-4)16(26(20,23-5)24-6)14-10-8-13(2)9-11-14/h8-11,15-16H,7,12H2,1-6H3. The Bertz CT molecular complexity index is 596. The molecule has 0 aliphatic rings. The maximum Gasteiger partial charge on any atom is 0.411 e. The van der Waals surface area contributed by atoms with Gasteiger partial charge in [0, 0.05) is 28.4 Å². The van der Waals surface area contributed by atoms with E-state index in [2.05, 4.69) is 0 Å². The number of benzene rings is 1. The molecule has 1 atom stereocenters. The van der Waals surface area contributed by atoms with E-state index in [-0.39, 0.29) is 13.2 Å². The van der Waals surface area contributed by atoms with Crippen molar-refractivity contribution in [1.29, 1.82) is 0 Å². The smallest absolute Gasteiger partial charge is 0.411 e. The van der Waals surface area contributed by atoms with Gasteiger partial charge in [0.15, 0.2) is 12.1 Å². The minimum Gasteiger partial charge on any atom is -0.450 e. The lowest BCUT2D eigenvalue weighted by atomic mass is 10.1. The molecule has 1 rings (SSSR count). The van der Waals surface area contributed by atoms with Gasteiger partial charge in [-0.05, 0) is 19.4 Å². The fraction of sp³-hybridized carbons (Fsp3) is 0.588. The van der Waals surface area contributed by atoms with Crippen LogP contribution in [-0.2, 0) is 27.8 Å². The van der Waals surface area contributed by atoms with Crippen molar-refractivity contribution < 1.29 is 32.6 Å². The van der Waals surface area contributed by atoms with E-state index in [0.717, 1.165) is 5.56 Å². The van der Waals surface area contributed by atoms with E-state index in [1.54, 1.807) is 19.1 Å². The van der Waals surface area contributed by atoms with Crippen LogP contribution in [0.4, 0.5) is 4.79 Å². The first-order valence-electron chi connectivity index (χ1n) is 8.13. The lowest BCUT2D eigenvalue weighted by molar-refractivity contribution is -0.115. The van der Waals surface area contributed by atoms with Crippen molar-refractivity contribution in [1.82, 2.24) is 4.90 Å². The molecule has 0 saturated heterocycles. The van der Waals surface area contributed by atoms with Crippen molar-refractivity contribution >= 4 is 13.7 Å². The molecule has 9 heteroatoms. The van der Waals surface area contributed by atoms with Gasteiger partial charge in [-0.25, -0.2) is 4.79 Å². The number of methoxy groups -OCH3 is 2. The predicted molar refractivity (Wildman–Crippen MR) is 97.1 cm³/mol. The molecule has 0 radical (unpaired) electrons. The molecule has 1 aromatic rings. The molecule has 0 aromatic heterocycles. The molecule has 1 unspecified atom stereocenters. The van der Waals surface area contributed by atoms with Crippen LogP contribution in [0.3, 0.4) is 0 Å². The van der Waals surface area contributed by atoms with Gasteiger partial charge >= 0.3 is 13.7 Å². The number of amides is 1. The van der Waals surface area contributed by atoms with Gasteiger partial charge in [0.2, 0.25) is 0 Å². The number of carbonyl (C=O) groups is 1. The summed E-state index contributed by atoms with van der Waals surface area (Å²) >= 11 is 0. The third-order valence-corrected chi connectivity index (χ3v) is 6.05. The van der Waals surface area contributed by atoms with E-state index in [1.165, 1.54) is 33.3 Å². The second kappa shape index (κ2) is 10.6. The zero-order valence-electron chi connectivity index (χ0n) is 16.1. The number of nitrogens with zero attached hydrogens (tertiary/aromatic N) is 1. The van der Waals surface area contributed by atoms with E-state index < -0.39 is 25.8 Å². The first-order chi connectivity index (χ1) is 12.4. The number of rotatable bonds is 10. The highest BCUT2D eigenvalue weighted by atomic mass is 31.2. The largest absolute Gasteiger partial charge is 0.450 e. The molecule has 0 saturated carbocycles. The Labute approximate surface area is 154 Å². The molecule has 0 fully saturated rings. The van der Waals surface area contributed by atoms with Crippen LogP contribution in [0, 0.1) is 6.92 Å². The van der Waals surface area contributed by atoms with Crippen molar-refractivity contribution in [2.75, 3.05) is 41.6 Å². The van der Waals surface area contributed by atoms with Gasteiger partial charge < -0.3 is 23.3 Å². The predicted octanol–water partition coefficient (Wildman–Crippen LogP) is 3.56. The molecule has 26 heavy (non-hydrogen) atoms. The van der Waals surface area contributed by atoms with E-state index >= 15 is 0 Å². The molecule has 0 aliphatic carbocycles. The van der Waals surface area contributed by atoms with Crippen LogP contribution in [0.15, 0.2) is 24.3 Å². The summed E-state index contributed by atoms with van der Waals surface area (Å²) in [7, 11) is 1.73. The minimum absolute atomic E-state index is 0.0267. The highest BCUT2D eigenvalue weighted by molar-refractivity contribution is 7.54. The summed E-state index contributed by atoms with van der Waals surface area (Å²) in [5.74, 6) is -1.02. The van der Waals surface area contributed by atoms with Crippen molar-refractivity contribution in [2.45, 2.75) is 25.9 Å². The molecule has 0 bridgehead atoms. The van der Waals surface area contributed by atoms with E-state index in [1.807, 2.05) is 19.1 Å². The maximum absolute atomic E-state index is 13.3. The van der Waals surface area contributed by atoms with Crippen LogP contribution in [0.2, 0.25) is 0 Å². The van der Waals surface area contributed by atoms with Crippen molar-refractivity contribution in [3.05, 3.63) is 35.4 Å². The first-order valence-corrected chi connectivity index (χ1v) is 9.74. The van der Waals surface area contributed by atoms with Gasteiger partial charge in [0.1, 0.15) is 0 Å². The molecule has 0 aliphatic heterocycles. The van der Waals surface area contributed by atoms with E-state index in [4.69, 9.17) is 23.3 Å². The third kappa shape index (κ3) is 5.53. The molecular formula is C17H28NO7P. The number of carbonyl (C=O) groups excluding carboxylic acids is 1. The van der Waals surface area contributed by atoms with Gasteiger partial charge in [0.25, 0.3) is 0 Å². The lowest BCUT2D eigenvalue weighted by Gasteiger charge is -2.35. The monoisotopic (exact) mass is 389 g/mol. The number of hydrogen-bond donors (Lipinski definition) is 0. The Kier molecular flexibility index (Phi) is 9.25. The van der Waals surface area contributed by atoms with Gasteiger partial charge in [-0.1, -0.05) is 29.8 Å². The van der Waals surface area contributed by atoms with Crippen molar-refractivity contribution in [3.63, 3.8) is 0 Å². The molecule has 1 aromatic carbocycles. The molecule has 1 amide bonds. The maximum atomic E-state index is 13.3. The molecular weight excluding hydrogens is 361 g/mol. The SMILES string of the molecule is CCOC(=O)N(CC(OC)OC)C(c1ccc(C)cc1)P(=O)(OC)OC. The molecule has 0 heterocycles. The highest BCUT2D eigenvalue weighted by Gasteiger charge is 2.43. The fourth-order valence-corrected chi connectivity index (χ4v) is 4.05. The second-order valence-electron chi connectivity index (χ2n) is 5.44. The van der Waals surface area contributed by atoms with Crippen LogP contribution in [0.25, 0.3) is 0 Å². The Morgan fingerprint density at radius 1 is 1.08 bits per heavy atom. The van der Waals surface area contributed by atoms with Crippen molar-refractivity contribution in [2.24, 2.45) is 0 Å². The summed E-state index contributed by atoms with van der Waals surface area (Å²) in [5.41, 5.74) is 1.60. The fourth-order valence-electron chi connectivity index (χ4n) is 2.43. The van der Waals surface area contributed by atoms with Crippen molar-refractivity contribution in [3.8, 4) is 0 Å². The van der Waals surface area contributed by atoms with E-state index in [0.29, 0.717) is 5.56 Å². The average Bonchev–Trinajstić information content (AvgIpc) is 2.66. The summed E-state index contributed by atoms with van der Waals surface area (Å²) in [6.07, 6.45) is -1.42. The Morgan fingerprint density at radius 3 is 2.04 bits per heavy atom. The topological polar surface area (TPSA) is 83.5 Å². The number of aryl methyl sites for hydroxylation is 1. The van der Waals surface area contributed by atoms with Gasteiger partial charge in [0.05, 0.1) is 13.2 Å². The molecule has 0 spiro atoms. The van der Waals surface area contributed by atoms with Crippen LogP contribution in [-0.4, -0.2) is 58.9 Å². The second-order valence-corrected chi connectivity index (χ2v) is 7.74. The quantitative estimate of drug-likeness (QED) is 0.447. The number of hydrogen-bond acceptors (Lipinski definition) is 7. The van der Waals surface area contributed by atoms with Gasteiger partial charge in [-0.15, -0.1) is 0 Å². The Hall–Kier alpha value is -1.44. The molecule has 0 N–H and O–H groups in total. The van der Waals surface area contributed by atoms with Crippen LogP contribution in [0.1, 0.15) is 23.8 Å². The summed E-state index contributed by atoms with van der Waals surface area (Å²) in [6, 6.07) is 7.24. The summed E-state index contributed by atoms with van der Waals surface area (Å²) in [5, 5.41) is 0. The first kappa shape index (κ1) is 22.6. The van der Waals surface area contributed by atoms with Gasteiger partial charge in [-0.3, -0.25) is 9.46 Å². The van der Waals surface area contributed by atoms with Crippen LogP contribution in [0.5, 0.6) is 0 Å². The highest BCUT2D eigenvalue weighted by Crippen LogP contribution is 2.61. The summed E-state index contributed by atoms with van der Waals surface area (Å²) in [6.45, 7) is 3.75. The molecule has 148 valence electrons. The zero-order valence-corrected chi connectivity index (χ0v) is 17.0. The third-order valence-electron chi connectivity index (χ3n) is 3.85. The zero-order chi connectivity index (χ0) is 19.7. The van der Waals surface area contributed by atoms with E-state index in [9.17, 15) is 9.36 Å². The van der Waals surface area contributed by atoms with Crippen LogP contribution < -0.4 is 0 Å².